The van der Waals surface area contributed by atoms with E-state index in [0.29, 0.717) is 17.5 Å². The van der Waals surface area contributed by atoms with Crippen molar-refractivity contribution in [2.75, 3.05) is 19.7 Å². The number of aliphatic hydroxyl groups is 1. The Bertz CT molecular complexity index is 528. The first-order chi connectivity index (χ1) is 10.1. The predicted octanol–water partition coefficient (Wildman–Crippen LogP) is 2.09. The van der Waals surface area contributed by atoms with Crippen LogP contribution >= 0.6 is 0 Å². The van der Waals surface area contributed by atoms with E-state index in [9.17, 15) is 8.42 Å². The topological polar surface area (TPSA) is 57.6 Å². The van der Waals surface area contributed by atoms with Crippen molar-refractivity contribution >= 4 is 9.84 Å². The molecule has 1 aromatic rings. The van der Waals surface area contributed by atoms with E-state index in [1.165, 1.54) is 6.42 Å². The first kappa shape index (κ1) is 16.5. The number of piperidine rings is 1. The van der Waals surface area contributed by atoms with Gasteiger partial charge in [0.1, 0.15) is 0 Å². The van der Waals surface area contributed by atoms with E-state index in [1.54, 1.807) is 31.2 Å². The SMILES string of the molecule is CC(CN1CCCCC1CCO)S(=O)(=O)c1ccccc1. The van der Waals surface area contributed by atoms with Crippen molar-refractivity contribution in [1.82, 2.24) is 4.90 Å². The van der Waals surface area contributed by atoms with Gasteiger partial charge in [0.2, 0.25) is 0 Å². The molecule has 0 amide bonds. The lowest BCUT2D eigenvalue weighted by Gasteiger charge is -2.37. The molecule has 0 aliphatic carbocycles. The standard InChI is InChI=1S/C16H25NO3S/c1-14(21(19,20)16-8-3-2-4-9-16)13-17-11-6-5-7-15(17)10-12-18/h2-4,8-9,14-15,18H,5-7,10-13H2,1H3. The van der Waals surface area contributed by atoms with Crippen molar-refractivity contribution in [3.63, 3.8) is 0 Å². The summed E-state index contributed by atoms with van der Waals surface area (Å²) in [6.45, 7) is 3.43. The highest BCUT2D eigenvalue weighted by Gasteiger charge is 2.29. The predicted molar refractivity (Wildman–Crippen MR) is 84.0 cm³/mol. The van der Waals surface area contributed by atoms with Gasteiger partial charge in [-0.3, -0.25) is 4.90 Å². The summed E-state index contributed by atoms with van der Waals surface area (Å²) in [5.41, 5.74) is 0. The van der Waals surface area contributed by atoms with Crippen LogP contribution in [0.5, 0.6) is 0 Å². The first-order valence-corrected chi connectivity index (χ1v) is 9.24. The van der Waals surface area contributed by atoms with E-state index in [-0.39, 0.29) is 6.61 Å². The molecular formula is C16H25NO3S. The van der Waals surface area contributed by atoms with Crippen molar-refractivity contribution in [2.45, 2.75) is 48.8 Å². The molecule has 1 N–H and O–H groups in total. The fourth-order valence-electron chi connectivity index (χ4n) is 3.05. The molecule has 2 rings (SSSR count). The zero-order chi connectivity index (χ0) is 15.3. The number of aliphatic hydroxyl groups excluding tert-OH is 1. The van der Waals surface area contributed by atoms with Gasteiger partial charge in [0.25, 0.3) is 0 Å². The van der Waals surface area contributed by atoms with Crippen LogP contribution in [-0.2, 0) is 9.84 Å². The molecule has 1 saturated heterocycles. The number of sulfone groups is 1. The molecule has 0 bridgehead atoms. The van der Waals surface area contributed by atoms with Crippen molar-refractivity contribution in [3.05, 3.63) is 30.3 Å². The lowest BCUT2D eigenvalue weighted by molar-refractivity contribution is 0.120. The number of rotatable bonds is 6. The molecule has 21 heavy (non-hydrogen) atoms. The summed E-state index contributed by atoms with van der Waals surface area (Å²) in [7, 11) is -3.28. The normalized spacial score (nSPS) is 22.1. The second-order valence-electron chi connectivity index (χ2n) is 5.83. The molecule has 0 saturated carbocycles. The van der Waals surface area contributed by atoms with Gasteiger partial charge in [-0.2, -0.15) is 0 Å². The van der Waals surface area contributed by atoms with Crippen molar-refractivity contribution in [2.24, 2.45) is 0 Å². The second kappa shape index (κ2) is 7.38. The van der Waals surface area contributed by atoms with Crippen LogP contribution < -0.4 is 0 Å². The first-order valence-electron chi connectivity index (χ1n) is 7.69. The minimum atomic E-state index is -3.28. The fraction of sp³-hybridized carbons (Fsp3) is 0.625. The zero-order valence-electron chi connectivity index (χ0n) is 12.6. The summed E-state index contributed by atoms with van der Waals surface area (Å²) >= 11 is 0. The van der Waals surface area contributed by atoms with Crippen LogP contribution in [0.3, 0.4) is 0 Å². The molecule has 4 nitrogen and oxygen atoms in total. The van der Waals surface area contributed by atoms with E-state index >= 15 is 0 Å². The fourth-order valence-corrected chi connectivity index (χ4v) is 4.44. The Morgan fingerprint density at radius 1 is 1.29 bits per heavy atom. The van der Waals surface area contributed by atoms with E-state index in [4.69, 9.17) is 5.11 Å². The Hall–Kier alpha value is -0.910. The molecular weight excluding hydrogens is 286 g/mol. The van der Waals surface area contributed by atoms with Crippen molar-refractivity contribution in [1.29, 1.82) is 0 Å². The van der Waals surface area contributed by atoms with Crippen molar-refractivity contribution in [3.8, 4) is 0 Å². The zero-order valence-corrected chi connectivity index (χ0v) is 13.4. The highest BCUT2D eigenvalue weighted by molar-refractivity contribution is 7.92. The number of hydrogen-bond donors (Lipinski definition) is 1. The summed E-state index contributed by atoms with van der Waals surface area (Å²) in [4.78, 5) is 2.64. The largest absolute Gasteiger partial charge is 0.396 e. The number of benzene rings is 1. The van der Waals surface area contributed by atoms with Gasteiger partial charge < -0.3 is 5.11 Å². The monoisotopic (exact) mass is 311 g/mol. The average Bonchev–Trinajstić information content (AvgIpc) is 2.50. The minimum absolute atomic E-state index is 0.168. The lowest BCUT2D eigenvalue weighted by atomic mass is 9.99. The smallest absolute Gasteiger partial charge is 0.182 e. The Morgan fingerprint density at radius 3 is 2.67 bits per heavy atom. The summed E-state index contributed by atoms with van der Waals surface area (Å²) in [6.07, 6.45) is 4.07. The van der Waals surface area contributed by atoms with Crippen LogP contribution in [0, 0.1) is 0 Å². The van der Waals surface area contributed by atoms with Crippen LogP contribution in [0.2, 0.25) is 0 Å². The van der Waals surface area contributed by atoms with Crippen LogP contribution in [0.4, 0.5) is 0 Å². The molecule has 118 valence electrons. The van der Waals surface area contributed by atoms with Crippen LogP contribution in [0.15, 0.2) is 35.2 Å². The highest BCUT2D eigenvalue weighted by Crippen LogP contribution is 2.23. The second-order valence-corrected chi connectivity index (χ2v) is 8.19. The molecule has 0 aromatic heterocycles. The third-order valence-corrected chi connectivity index (χ3v) is 6.44. The summed E-state index contributed by atoms with van der Waals surface area (Å²) in [5.74, 6) is 0. The van der Waals surface area contributed by atoms with Gasteiger partial charge in [-0.25, -0.2) is 8.42 Å². The summed E-state index contributed by atoms with van der Waals surface area (Å²) < 4.78 is 25.2. The lowest BCUT2D eigenvalue weighted by Crippen LogP contribution is -2.45. The summed E-state index contributed by atoms with van der Waals surface area (Å²) in [6, 6.07) is 8.98. The quantitative estimate of drug-likeness (QED) is 0.874. The minimum Gasteiger partial charge on any atom is -0.396 e. The van der Waals surface area contributed by atoms with E-state index < -0.39 is 15.1 Å². The number of likely N-dealkylation sites (tertiary alicyclic amines) is 1. The van der Waals surface area contributed by atoms with Crippen LogP contribution in [0.1, 0.15) is 32.6 Å². The molecule has 1 aliphatic rings. The average molecular weight is 311 g/mol. The molecule has 0 radical (unpaired) electrons. The summed E-state index contributed by atoms with van der Waals surface area (Å²) in [5, 5.41) is 8.73. The van der Waals surface area contributed by atoms with Gasteiger partial charge in [0, 0.05) is 19.2 Å². The van der Waals surface area contributed by atoms with Crippen molar-refractivity contribution < 1.29 is 13.5 Å². The maximum absolute atomic E-state index is 12.6. The molecule has 5 heteroatoms. The van der Waals surface area contributed by atoms with E-state index in [2.05, 4.69) is 4.90 Å². The molecule has 1 fully saturated rings. The number of nitrogens with zero attached hydrogens (tertiary/aromatic N) is 1. The molecule has 1 aliphatic heterocycles. The molecule has 2 unspecified atom stereocenters. The van der Waals surface area contributed by atoms with Crippen LogP contribution in [-0.4, -0.2) is 49.4 Å². The van der Waals surface area contributed by atoms with E-state index in [1.807, 2.05) is 6.07 Å². The Kier molecular flexibility index (Phi) is 5.79. The Labute approximate surface area is 127 Å². The van der Waals surface area contributed by atoms with Gasteiger partial charge in [0.05, 0.1) is 10.1 Å². The van der Waals surface area contributed by atoms with Gasteiger partial charge in [-0.1, -0.05) is 24.6 Å². The number of hydrogen-bond acceptors (Lipinski definition) is 4. The maximum Gasteiger partial charge on any atom is 0.182 e. The molecule has 2 atom stereocenters. The van der Waals surface area contributed by atoms with Gasteiger partial charge >= 0.3 is 0 Å². The molecule has 1 aromatic carbocycles. The van der Waals surface area contributed by atoms with Crippen LogP contribution in [0.25, 0.3) is 0 Å². The third kappa shape index (κ3) is 4.05. The van der Waals surface area contributed by atoms with Gasteiger partial charge in [-0.15, -0.1) is 0 Å². The van der Waals surface area contributed by atoms with Gasteiger partial charge in [0.15, 0.2) is 9.84 Å². The Balaban J connectivity index is 2.07. The van der Waals surface area contributed by atoms with E-state index in [0.717, 1.165) is 25.8 Å². The molecule has 1 heterocycles. The third-order valence-electron chi connectivity index (χ3n) is 4.30. The Morgan fingerprint density at radius 2 is 2.00 bits per heavy atom. The maximum atomic E-state index is 12.6. The molecule has 0 spiro atoms. The van der Waals surface area contributed by atoms with Gasteiger partial charge in [-0.05, 0) is 44.9 Å². The highest BCUT2D eigenvalue weighted by atomic mass is 32.2.